The van der Waals surface area contributed by atoms with Crippen LogP contribution in [0, 0.1) is 0 Å². The van der Waals surface area contributed by atoms with Crippen LogP contribution in [0.5, 0.6) is 0 Å². The summed E-state index contributed by atoms with van der Waals surface area (Å²) in [6.07, 6.45) is 7.98. The maximum absolute atomic E-state index is 13.1. The third kappa shape index (κ3) is 4.22. The Hall–Kier alpha value is -3.00. The molecule has 1 amide bonds. The highest BCUT2D eigenvalue weighted by Gasteiger charge is 2.34. The van der Waals surface area contributed by atoms with Crippen LogP contribution in [0.2, 0.25) is 0 Å². The summed E-state index contributed by atoms with van der Waals surface area (Å²) in [5.74, 6) is 1.45. The average molecular weight is 394 g/mol. The molecule has 0 bridgehead atoms. The van der Waals surface area contributed by atoms with E-state index in [9.17, 15) is 4.79 Å². The fourth-order valence-electron chi connectivity index (χ4n) is 3.37. The van der Waals surface area contributed by atoms with E-state index >= 15 is 0 Å². The van der Waals surface area contributed by atoms with Crippen molar-refractivity contribution in [3.8, 4) is 17.4 Å². The van der Waals surface area contributed by atoms with Crippen molar-refractivity contribution in [3.05, 3.63) is 48.1 Å². The van der Waals surface area contributed by atoms with Crippen molar-refractivity contribution >= 4 is 5.91 Å². The molecule has 0 spiro atoms. The molecule has 0 atom stereocenters. The Morgan fingerprint density at radius 1 is 1.24 bits per heavy atom. The number of nitrogens with zero attached hydrogens (tertiary/aromatic N) is 6. The molecule has 152 valence electrons. The van der Waals surface area contributed by atoms with Crippen molar-refractivity contribution in [3.63, 3.8) is 0 Å². The van der Waals surface area contributed by atoms with Crippen LogP contribution in [0.15, 0.2) is 41.3 Å². The first-order chi connectivity index (χ1) is 14.0. The van der Waals surface area contributed by atoms with Gasteiger partial charge in [-0.3, -0.25) is 4.79 Å². The van der Waals surface area contributed by atoms with Gasteiger partial charge in [-0.05, 0) is 58.1 Å². The van der Waals surface area contributed by atoms with Crippen molar-refractivity contribution in [2.24, 2.45) is 0 Å². The van der Waals surface area contributed by atoms with Crippen LogP contribution in [-0.2, 0) is 0 Å². The quantitative estimate of drug-likeness (QED) is 0.584. The van der Waals surface area contributed by atoms with Crippen LogP contribution in [-0.4, -0.2) is 69.7 Å². The van der Waals surface area contributed by atoms with Gasteiger partial charge in [0.25, 0.3) is 11.9 Å². The number of amides is 1. The van der Waals surface area contributed by atoms with E-state index in [0.29, 0.717) is 35.4 Å². The molecule has 0 radical (unpaired) electrons. The van der Waals surface area contributed by atoms with Crippen molar-refractivity contribution in [1.82, 2.24) is 29.5 Å². The second kappa shape index (κ2) is 8.16. The van der Waals surface area contributed by atoms with Gasteiger partial charge in [-0.1, -0.05) is 0 Å². The van der Waals surface area contributed by atoms with Crippen LogP contribution in [0.3, 0.4) is 0 Å². The van der Waals surface area contributed by atoms with Gasteiger partial charge in [-0.25, -0.2) is 14.6 Å². The van der Waals surface area contributed by atoms with E-state index in [4.69, 9.17) is 4.42 Å². The topological polar surface area (TPSA) is 80.3 Å². The van der Waals surface area contributed by atoms with Crippen molar-refractivity contribution in [2.75, 3.05) is 34.2 Å². The molecular weight excluding hydrogens is 368 g/mol. The summed E-state index contributed by atoms with van der Waals surface area (Å²) in [5.41, 5.74) is 2.24. The Morgan fingerprint density at radius 3 is 2.76 bits per heavy atom. The Balaban J connectivity index is 1.61. The lowest BCUT2D eigenvalue weighted by Gasteiger charge is -2.19. The number of hydrogen-bond donors (Lipinski definition) is 0. The first-order valence-electron chi connectivity index (χ1n) is 9.90. The summed E-state index contributed by atoms with van der Waals surface area (Å²) < 4.78 is 7.16. The second-order valence-electron chi connectivity index (χ2n) is 7.73. The summed E-state index contributed by atoms with van der Waals surface area (Å²) in [4.78, 5) is 26.0. The maximum Gasteiger partial charge on any atom is 0.257 e. The van der Waals surface area contributed by atoms with Crippen molar-refractivity contribution in [2.45, 2.75) is 25.2 Å². The van der Waals surface area contributed by atoms with Gasteiger partial charge < -0.3 is 14.2 Å². The van der Waals surface area contributed by atoms with Crippen LogP contribution in [0.4, 0.5) is 0 Å². The van der Waals surface area contributed by atoms with Gasteiger partial charge >= 0.3 is 0 Å². The molecule has 3 aromatic heterocycles. The molecule has 8 nitrogen and oxygen atoms in total. The van der Waals surface area contributed by atoms with Gasteiger partial charge in [0.2, 0.25) is 0 Å². The molecule has 0 N–H and O–H groups in total. The molecule has 8 heteroatoms. The maximum atomic E-state index is 13.1. The molecule has 1 aliphatic carbocycles. The molecule has 3 heterocycles. The van der Waals surface area contributed by atoms with Gasteiger partial charge in [0.15, 0.2) is 5.76 Å². The molecular formula is C21H26N6O2. The lowest BCUT2D eigenvalue weighted by atomic mass is 10.1. The van der Waals surface area contributed by atoms with Gasteiger partial charge in [-0.15, -0.1) is 0 Å². The molecule has 3 aromatic rings. The monoisotopic (exact) mass is 394 g/mol. The second-order valence-corrected chi connectivity index (χ2v) is 7.73. The third-order valence-corrected chi connectivity index (χ3v) is 5.05. The van der Waals surface area contributed by atoms with Gasteiger partial charge in [0.1, 0.15) is 5.69 Å². The first-order valence-corrected chi connectivity index (χ1v) is 9.90. The zero-order valence-corrected chi connectivity index (χ0v) is 17.1. The number of rotatable bonds is 8. The lowest BCUT2D eigenvalue weighted by Crippen LogP contribution is -2.30. The highest BCUT2D eigenvalue weighted by molar-refractivity contribution is 5.95. The highest BCUT2D eigenvalue weighted by atomic mass is 16.3. The van der Waals surface area contributed by atoms with E-state index in [1.807, 2.05) is 33.3 Å². The Morgan fingerprint density at radius 2 is 2.07 bits per heavy atom. The van der Waals surface area contributed by atoms with Crippen molar-refractivity contribution < 1.29 is 9.21 Å². The standard InChI is InChI=1S/C21H26N6O2/c1-25(2)11-5-12-26(3)20(28)16-14-23-27(19(16)15-7-8-15)21-22-10-9-17(24-21)18-6-4-13-29-18/h4,6,9-10,13-15H,5,7-8,11-12H2,1-3H3. The molecule has 29 heavy (non-hydrogen) atoms. The van der Waals surface area contributed by atoms with E-state index in [2.05, 4.69) is 20.0 Å². The molecule has 1 aliphatic rings. The number of aromatic nitrogens is 4. The Bertz CT molecular complexity index is 975. The van der Waals surface area contributed by atoms with Crippen molar-refractivity contribution in [1.29, 1.82) is 0 Å². The molecule has 4 rings (SSSR count). The SMILES string of the molecule is CN(C)CCCN(C)C(=O)c1cnn(-c2nccc(-c3ccco3)n2)c1C1CC1. The van der Waals surface area contributed by atoms with Gasteiger partial charge in [-0.2, -0.15) is 5.10 Å². The molecule has 1 fully saturated rings. The molecule has 0 unspecified atom stereocenters. The smallest absolute Gasteiger partial charge is 0.257 e. The number of furan rings is 1. The van der Waals surface area contributed by atoms with E-state index in [0.717, 1.165) is 31.5 Å². The fourth-order valence-corrected chi connectivity index (χ4v) is 3.37. The van der Waals surface area contributed by atoms with Crippen LogP contribution in [0.1, 0.15) is 41.2 Å². The summed E-state index contributed by atoms with van der Waals surface area (Å²) in [5, 5.41) is 4.49. The molecule has 0 aliphatic heterocycles. The normalized spacial score (nSPS) is 13.8. The Labute approximate surface area is 170 Å². The van der Waals surface area contributed by atoms with E-state index in [-0.39, 0.29) is 5.91 Å². The minimum atomic E-state index is -0.000838. The minimum absolute atomic E-state index is 0.000838. The summed E-state index contributed by atoms with van der Waals surface area (Å²) in [6, 6.07) is 5.48. The van der Waals surface area contributed by atoms with E-state index < -0.39 is 0 Å². The zero-order chi connectivity index (χ0) is 20.4. The lowest BCUT2D eigenvalue weighted by molar-refractivity contribution is 0.0789. The summed E-state index contributed by atoms with van der Waals surface area (Å²) in [6.45, 7) is 1.65. The molecule has 0 aromatic carbocycles. The summed E-state index contributed by atoms with van der Waals surface area (Å²) >= 11 is 0. The van der Waals surface area contributed by atoms with E-state index in [1.54, 1.807) is 34.3 Å². The van der Waals surface area contributed by atoms with Crippen LogP contribution in [0.25, 0.3) is 17.4 Å². The predicted molar refractivity (Wildman–Crippen MR) is 109 cm³/mol. The fraction of sp³-hybridized carbons (Fsp3) is 0.429. The van der Waals surface area contributed by atoms with Gasteiger partial charge in [0, 0.05) is 25.7 Å². The largest absolute Gasteiger partial charge is 0.463 e. The van der Waals surface area contributed by atoms with Crippen LogP contribution < -0.4 is 0 Å². The number of hydrogen-bond acceptors (Lipinski definition) is 6. The van der Waals surface area contributed by atoms with Gasteiger partial charge in [0.05, 0.1) is 23.7 Å². The first kappa shape index (κ1) is 19.3. The zero-order valence-electron chi connectivity index (χ0n) is 17.1. The molecule has 0 saturated heterocycles. The number of carbonyl (C=O) groups excluding carboxylic acids is 1. The van der Waals surface area contributed by atoms with E-state index in [1.165, 1.54) is 0 Å². The molecule has 1 saturated carbocycles. The predicted octanol–water partition coefficient (Wildman–Crippen LogP) is 2.82. The highest BCUT2D eigenvalue weighted by Crippen LogP contribution is 2.42. The average Bonchev–Trinajstić information content (AvgIpc) is 3.22. The summed E-state index contributed by atoms with van der Waals surface area (Å²) in [7, 11) is 5.92. The Kier molecular flexibility index (Phi) is 5.44. The third-order valence-electron chi connectivity index (χ3n) is 5.05. The minimum Gasteiger partial charge on any atom is -0.463 e. The van der Waals surface area contributed by atoms with Crippen LogP contribution >= 0.6 is 0 Å². The number of carbonyl (C=O) groups is 1.